The standard InChI is InChI=1S/C24H22N2O5/c1-15-7-9-17(10-8-15)26-21(27)19-18-11-12-24(31-18,20(19)22(26)28)14-25-23(29)30-13-16-5-3-2-4-6-16/h2-12,18-20H,13-14H2,1H3,(H,25,29)/t18-,19+,20-,24+/m1/s1. The molecular weight excluding hydrogens is 396 g/mol. The minimum atomic E-state index is -1.05. The van der Waals surface area contributed by atoms with Crippen LogP contribution in [0.2, 0.25) is 0 Å². The quantitative estimate of drug-likeness (QED) is 0.596. The fourth-order valence-corrected chi connectivity index (χ4v) is 4.64. The number of carbonyl (C=O) groups excluding carboxylic acids is 3. The van der Waals surface area contributed by atoms with E-state index in [1.54, 1.807) is 18.2 Å². The molecule has 0 unspecified atom stereocenters. The average molecular weight is 418 g/mol. The maximum absolute atomic E-state index is 13.3. The second-order valence-corrected chi connectivity index (χ2v) is 8.16. The molecule has 2 saturated heterocycles. The average Bonchev–Trinajstić information content (AvgIpc) is 3.43. The van der Waals surface area contributed by atoms with E-state index in [0.29, 0.717) is 5.69 Å². The molecule has 2 aromatic rings. The zero-order valence-electron chi connectivity index (χ0n) is 17.0. The lowest BCUT2D eigenvalue weighted by molar-refractivity contribution is -0.126. The van der Waals surface area contributed by atoms with E-state index < -0.39 is 29.6 Å². The molecular formula is C24H22N2O5. The number of anilines is 1. The minimum absolute atomic E-state index is 0.0511. The Kier molecular flexibility index (Phi) is 4.63. The van der Waals surface area contributed by atoms with Gasteiger partial charge in [-0.3, -0.25) is 9.59 Å². The van der Waals surface area contributed by atoms with Crippen molar-refractivity contribution in [2.75, 3.05) is 11.4 Å². The summed E-state index contributed by atoms with van der Waals surface area (Å²) < 4.78 is 11.3. The molecule has 0 aromatic heterocycles. The largest absolute Gasteiger partial charge is 0.445 e. The number of alkyl carbamates (subject to hydrolysis) is 1. The number of benzene rings is 2. The zero-order chi connectivity index (χ0) is 21.6. The normalized spacial score (nSPS) is 28.2. The molecule has 0 spiro atoms. The van der Waals surface area contributed by atoms with Gasteiger partial charge in [0.05, 0.1) is 30.2 Å². The van der Waals surface area contributed by atoms with Gasteiger partial charge in [-0.05, 0) is 24.6 Å². The van der Waals surface area contributed by atoms with Gasteiger partial charge < -0.3 is 14.8 Å². The first kappa shape index (κ1) is 19.5. The molecule has 0 aliphatic carbocycles. The van der Waals surface area contributed by atoms with Gasteiger partial charge in [0, 0.05) is 0 Å². The topological polar surface area (TPSA) is 84.9 Å². The van der Waals surface area contributed by atoms with Gasteiger partial charge in [0.25, 0.3) is 0 Å². The Bertz CT molecular complexity index is 1070. The van der Waals surface area contributed by atoms with Gasteiger partial charge in [0.1, 0.15) is 12.2 Å². The fraction of sp³-hybridized carbons (Fsp3) is 0.292. The molecule has 0 saturated carbocycles. The monoisotopic (exact) mass is 418 g/mol. The molecule has 158 valence electrons. The molecule has 3 amide bonds. The number of hydrogen-bond donors (Lipinski definition) is 1. The molecule has 7 nitrogen and oxygen atoms in total. The maximum Gasteiger partial charge on any atom is 0.407 e. The van der Waals surface area contributed by atoms with Crippen molar-refractivity contribution < 1.29 is 23.9 Å². The highest BCUT2D eigenvalue weighted by molar-refractivity contribution is 6.23. The van der Waals surface area contributed by atoms with Gasteiger partial charge in [0.15, 0.2) is 0 Å². The first-order chi connectivity index (χ1) is 15.0. The Morgan fingerprint density at radius 3 is 2.58 bits per heavy atom. The first-order valence-corrected chi connectivity index (χ1v) is 10.2. The lowest BCUT2D eigenvalue weighted by Crippen LogP contribution is -2.49. The summed E-state index contributed by atoms with van der Waals surface area (Å²) in [6.07, 6.45) is 2.52. The van der Waals surface area contributed by atoms with Crippen molar-refractivity contribution in [1.82, 2.24) is 5.32 Å². The van der Waals surface area contributed by atoms with Crippen LogP contribution in [-0.4, -0.2) is 36.2 Å². The first-order valence-electron chi connectivity index (χ1n) is 10.2. The molecule has 3 aliphatic heterocycles. The molecule has 7 heteroatoms. The summed E-state index contributed by atoms with van der Waals surface area (Å²) in [7, 11) is 0. The highest BCUT2D eigenvalue weighted by Crippen LogP contribution is 2.52. The Balaban J connectivity index is 1.29. The summed E-state index contributed by atoms with van der Waals surface area (Å²) in [4.78, 5) is 39.8. The summed E-state index contributed by atoms with van der Waals surface area (Å²) in [5.41, 5.74) is 1.43. The van der Waals surface area contributed by atoms with Gasteiger partial charge >= 0.3 is 6.09 Å². The van der Waals surface area contributed by atoms with E-state index in [9.17, 15) is 14.4 Å². The fourth-order valence-electron chi connectivity index (χ4n) is 4.64. The summed E-state index contributed by atoms with van der Waals surface area (Å²) in [5, 5.41) is 2.70. The van der Waals surface area contributed by atoms with E-state index in [2.05, 4.69) is 5.32 Å². The van der Waals surface area contributed by atoms with E-state index in [1.807, 2.05) is 55.5 Å². The SMILES string of the molecule is Cc1ccc(N2C(=O)[C@H]3[C@H]4C=C[C@@](CNC(=O)OCc5ccccc5)(O4)[C@H]3C2=O)cc1. The number of rotatable bonds is 5. The number of nitrogens with one attached hydrogen (secondary N) is 1. The Labute approximate surface area is 179 Å². The van der Waals surface area contributed by atoms with Crippen LogP contribution >= 0.6 is 0 Å². The van der Waals surface area contributed by atoms with Crippen LogP contribution in [0.1, 0.15) is 11.1 Å². The molecule has 31 heavy (non-hydrogen) atoms. The van der Waals surface area contributed by atoms with Crippen LogP contribution in [0.3, 0.4) is 0 Å². The Hall–Kier alpha value is -3.45. The molecule has 3 aliphatic rings. The smallest absolute Gasteiger partial charge is 0.407 e. The third kappa shape index (κ3) is 3.21. The molecule has 0 radical (unpaired) electrons. The van der Waals surface area contributed by atoms with Crippen molar-refractivity contribution in [1.29, 1.82) is 0 Å². The van der Waals surface area contributed by atoms with E-state index in [4.69, 9.17) is 9.47 Å². The van der Waals surface area contributed by atoms with Crippen molar-refractivity contribution in [3.8, 4) is 0 Å². The van der Waals surface area contributed by atoms with Gasteiger partial charge in [-0.15, -0.1) is 0 Å². The van der Waals surface area contributed by atoms with Gasteiger partial charge in [-0.2, -0.15) is 0 Å². The van der Waals surface area contributed by atoms with Gasteiger partial charge in [0.2, 0.25) is 11.8 Å². The number of aryl methyl sites for hydroxylation is 1. The Morgan fingerprint density at radius 1 is 1.10 bits per heavy atom. The summed E-state index contributed by atoms with van der Waals surface area (Å²) >= 11 is 0. The van der Waals surface area contributed by atoms with Crippen LogP contribution in [0.25, 0.3) is 0 Å². The zero-order valence-corrected chi connectivity index (χ0v) is 17.0. The van der Waals surface area contributed by atoms with E-state index in [1.165, 1.54) is 4.90 Å². The van der Waals surface area contributed by atoms with Crippen molar-refractivity contribution in [2.45, 2.75) is 25.2 Å². The molecule has 1 N–H and O–H groups in total. The van der Waals surface area contributed by atoms with Crippen molar-refractivity contribution in [3.63, 3.8) is 0 Å². The lowest BCUT2D eigenvalue weighted by Gasteiger charge is -2.28. The highest BCUT2D eigenvalue weighted by Gasteiger charge is 2.67. The molecule has 2 aromatic carbocycles. The number of amides is 3. The number of ether oxygens (including phenoxy) is 2. The minimum Gasteiger partial charge on any atom is -0.445 e. The lowest BCUT2D eigenvalue weighted by atomic mass is 9.77. The van der Waals surface area contributed by atoms with Crippen molar-refractivity contribution in [3.05, 3.63) is 77.9 Å². The second kappa shape index (κ2) is 7.35. The van der Waals surface area contributed by atoms with Crippen LogP contribution in [0.5, 0.6) is 0 Å². The van der Waals surface area contributed by atoms with Crippen LogP contribution in [0.4, 0.5) is 10.5 Å². The predicted molar refractivity (Wildman–Crippen MR) is 112 cm³/mol. The second-order valence-electron chi connectivity index (χ2n) is 8.16. The third-order valence-electron chi connectivity index (χ3n) is 6.17. The van der Waals surface area contributed by atoms with Crippen molar-refractivity contribution in [2.24, 2.45) is 11.8 Å². The van der Waals surface area contributed by atoms with Crippen molar-refractivity contribution >= 4 is 23.6 Å². The van der Waals surface area contributed by atoms with E-state index in [-0.39, 0.29) is 25.0 Å². The summed E-state index contributed by atoms with van der Waals surface area (Å²) in [6.45, 7) is 2.14. The maximum atomic E-state index is 13.3. The predicted octanol–water partition coefficient (Wildman–Crippen LogP) is 2.73. The van der Waals surface area contributed by atoms with E-state index in [0.717, 1.165) is 11.1 Å². The summed E-state index contributed by atoms with van der Waals surface area (Å²) in [5.74, 6) is -1.82. The Morgan fingerprint density at radius 2 is 1.84 bits per heavy atom. The number of carbonyl (C=O) groups is 3. The van der Waals surface area contributed by atoms with E-state index >= 15 is 0 Å². The number of hydrogen-bond acceptors (Lipinski definition) is 5. The highest BCUT2D eigenvalue weighted by atomic mass is 16.6. The third-order valence-corrected chi connectivity index (χ3v) is 6.17. The molecule has 2 bridgehead atoms. The van der Waals surface area contributed by atoms with Crippen LogP contribution < -0.4 is 10.2 Å². The summed E-state index contributed by atoms with van der Waals surface area (Å²) in [6, 6.07) is 16.6. The molecule has 4 atom stereocenters. The molecule has 3 heterocycles. The van der Waals surface area contributed by atoms with Crippen LogP contribution in [-0.2, 0) is 25.7 Å². The van der Waals surface area contributed by atoms with Gasteiger partial charge in [-0.1, -0.05) is 60.2 Å². The number of fused-ring (bicyclic) bond motifs is 5. The number of nitrogens with zero attached hydrogens (tertiary/aromatic N) is 1. The molecule has 5 rings (SSSR count). The van der Waals surface area contributed by atoms with Gasteiger partial charge in [-0.25, -0.2) is 9.69 Å². The number of imide groups is 1. The van der Waals surface area contributed by atoms with Crippen LogP contribution in [0, 0.1) is 18.8 Å². The molecule has 2 fully saturated rings. The van der Waals surface area contributed by atoms with Crippen LogP contribution in [0.15, 0.2) is 66.7 Å².